The van der Waals surface area contributed by atoms with Crippen molar-refractivity contribution in [2.75, 3.05) is 26.3 Å². The third-order valence-corrected chi connectivity index (χ3v) is 4.73. The smallest absolute Gasteiger partial charge is 0.161 e. The van der Waals surface area contributed by atoms with Crippen molar-refractivity contribution in [2.24, 2.45) is 11.0 Å². The summed E-state index contributed by atoms with van der Waals surface area (Å²) in [7, 11) is 0. The lowest BCUT2D eigenvalue weighted by Crippen LogP contribution is -2.38. The van der Waals surface area contributed by atoms with Crippen molar-refractivity contribution in [2.45, 2.75) is 45.6 Å². The molecule has 3 rings (SSSR count). The highest BCUT2D eigenvalue weighted by atomic mass is 16.5. The number of hydrazone groups is 1. The topological polar surface area (TPSA) is 54.9 Å². The van der Waals surface area contributed by atoms with Crippen molar-refractivity contribution in [3.8, 4) is 11.5 Å². The Hall–Kier alpha value is -1.75. The second-order valence-electron chi connectivity index (χ2n) is 6.47. The maximum atomic E-state index is 5.93. The molecule has 2 heterocycles. The van der Waals surface area contributed by atoms with Gasteiger partial charge in [0, 0.05) is 31.1 Å². The second-order valence-corrected chi connectivity index (χ2v) is 6.47. The lowest BCUT2D eigenvalue weighted by Gasteiger charge is -2.25. The number of fused-ring (bicyclic) bond motifs is 1. The minimum atomic E-state index is 0.223. The predicted molar refractivity (Wildman–Crippen MR) is 96.9 cm³/mol. The molecule has 5 nitrogen and oxygen atoms in total. The average molecular weight is 331 g/mol. The highest BCUT2D eigenvalue weighted by Gasteiger charge is 2.34. The van der Waals surface area contributed by atoms with E-state index in [9.17, 15) is 0 Å². The molecule has 2 atom stereocenters. The van der Waals surface area contributed by atoms with Crippen molar-refractivity contribution >= 4 is 5.71 Å². The van der Waals surface area contributed by atoms with Gasteiger partial charge in [-0.1, -0.05) is 25.8 Å². The van der Waals surface area contributed by atoms with E-state index in [1.807, 2.05) is 13.0 Å². The Morgan fingerprint density at radius 1 is 1.17 bits per heavy atom. The normalized spacial score (nSPS) is 22.5. The zero-order valence-electron chi connectivity index (χ0n) is 14.8. The van der Waals surface area contributed by atoms with E-state index in [-0.39, 0.29) is 6.04 Å². The van der Waals surface area contributed by atoms with Gasteiger partial charge in [0.1, 0.15) is 0 Å². The summed E-state index contributed by atoms with van der Waals surface area (Å²) in [4.78, 5) is 0. The van der Waals surface area contributed by atoms with Gasteiger partial charge in [0.2, 0.25) is 0 Å². The first-order chi connectivity index (χ1) is 11.8. The standard InChI is InChI=1S/C19H29N3O2/c1-3-5-6-11-24-17-8-7-14(12-18(17)23-4-2)19-15-13-20-10-9-16(15)21-22-19/h7-8,12,15,19-20,22H,3-6,9-11,13H2,1-2H3. The SMILES string of the molecule is CCCCCOc1ccc(C2NN=C3CCNCC32)cc1OCC. The van der Waals surface area contributed by atoms with Crippen LogP contribution in [0.5, 0.6) is 11.5 Å². The van der Waals surface area contributed by atoms with Gasteiger partial charge < -0.3 is 20.2 Å². The number of unbranched alkanes of at least 4 members (excludes halogenated alkanes) is 2. The van der Waals surface area contributed by atoms with E-state index in [1.165, 1.54) is 24.1 Å². The molecular formula is C19H29N3O2. The van der Waals surface area contributed by atoms with Crippen molar-refractivity contribution in [3.05, 3.63) is 23.8 Å². The summed E-state index contributed by atoms with van der Waals surface area (Å²) in [5, 5.41) is 8.01. The van der Waals surface area contributed by atoms with Crippen molar-refractivity contribution < 1.29 is 9.47 Å². The van der Waals surface area contributed by atoms with Crippen LogP contribution in [0.2, 0.25) is 0 Å². The molecule has 24 heavy (non-hydrogen) atoms. The summed E-state index contributed by atoms with van der Waals surface area (Å²) in [5.74, 6) is 2.12. The monoisotopic (exact) mass is 331 g/mol. The summed E-state index contributed by atoms with van der Waals surface area (Å²) < 4.78 is 11.8. The predicted octanol–water partition coefficient (Wildman–Crippen LogP) is 3.26. The van der Waals surface area contributed by atoms with Crippen LogP contribution >= 0.6 is 0 Å². The molecule has 132 valence electrons. The molecule has 2 N–H and O–H groups in total. The molecule has 2 unspecified atom stereocenters. The zero-order chi connectivity index (χ0) is 16.8. The molecule has 0 amide bonds. The lowest BCUT2D eigenvalue weighted by molar-refractivity contribution is 0.270. The van der Waals surface area contributed by atoms with Gasteiger partial charge in [0.15, 0.2) is 11.5 Å². The van der Waals surface area contributed by atoms with E-state index in [1.54, 1.807) is 0 Å². The Bertz CT molecular complexity index is 574. The fraction of sp³-hybridized carbons (Fsp3) is 0.632. The lowest BCUT2D eigenvalue weighted by atomic mass is 9.87. The van der Waals surface area contributed by atoms with Gasteiger partial charge in [-0.05, 0) is 31.0 Å². The van der Waals surface area contributed by atoms with Crippen molar-refractivity contribution in [1.82, 2.24) is 10.7 Å². The minimum absolute atomic E-state index is 0.223. The fourth-order valence-electron chi connectivity index (χ4n) is 3.42. The molecule has 0 radical (unpaired) electrons. The number of rotatable bonds is 8. The molecule has 2 aliphatic heterocycles. The number of benzene rings is 1. The molecule has 0 bridgehead atoms. The molecule has 0 spiro atoms. The van der Waals surface area contributed by atoms with Crippen LogP contribution in [0, 0.1) is 5.92 Å². The number of nitrogens with one attached hydrogen (secondary N) is 2. The highest BCUT2D eigenvalue weighted by Crippen LogP contribution is 2.36. The summed E-state index contributed by atoms with van der Waals surface area (Å²) in [6, 6.07) is 6.52. The summed E-state index contributed by atoms with van der Waals surface area (Å²) >= 11 is 0. The van der Waals surface area contributed by atoms with Gasteiger partial charge in [-0.25, -0.2) is 0 Å². The largest absolute Gasteiger partial charge is 0.490 e. The Balaban J connectivity index is 1.71. The van der Waals surface area contributed by atoms with Gasteiger partial charge >= 0.3 is 0 Å². The first-order valence-electron chi connectivity index (χ1n) is 9.25. The second kappa shape index (κ2) is 8.38. The minimum Gasteiger partial charge on any atom is -0.490 e. The van der Waals surface area contributed by atoms with E-state index in [4.69, 9.17) is 9.47 Å². The fourth-order valence-corrected chi connectivity index (χ4v) is 3.42. The van der Waals surface area contributed by atoms with E-state index < -0.39 is 0 Å². The van der Waals surface area contributed by atoms with Gasteiger partial charge in [-0.2, -0.15) is 5.10 Å². The van der Waals surface area contributed by atoms with E-state index in [0.29, 0.717) is 12.5 Å². The number of hydrogen-bond acceptors (Lipinski definition) is 5. The van der Waals surface area contributed by atoms with Gasteiger partial charge in [-0.15, -0.1) is 0 Å². The van der Waals surface area contributed by atoms with Crippen LogP contribution in [0.1, 0.15) is 51.1 Å². The number of hydrogen-bond donors (Lipinski definition) is 2. The Kier molecular flexibility index (Phi) is 5.96. The van der Waals surface area contributed by atoms with Gasteiger partial charge in [0.25, 0.3) is 0 Å². The van der Waals surface area contributed by atoms with Crippen LogP contribution in [0.3, 0.4) is 0 Å². The molecule has 1 aromatic rings. The molecule has 0 aliphatic carbocycles. The Labute approximate surface area is 144 Å². The van der Waals surface area contributed by atoms with Crippen LogP contribution in [0.4, 0.5) is 0 Å². The van der Waals surface area contributed by atoms with E-state index in [2.05, 4.69) is 34.9 Å². The number of piperidine rings is 1. The van der Waals surface area contributed by atoms with E-state index in [0.717, 1.165) is 44.0 Å². The van der Waals surface area contributed by atoms with Crippen molar-refractivity contribution in [1.29, 1.82) is 0 Å². The third-order valence-electron chi connectivity index (χ3n) is 4.73. The Morgan fingerprint density at radius 3 is 2.92 bits per heavy atom. The van der Waals surface area contributed by atoms with Crippen LogP contribution in [0.15, 0.2) is 23.3 Å². The summed E-state index contributed by atoms with van der Waals surface area (Å²) in [5.41, 5.74) is 5.82. The first-order valence-corrected chi connectivity index (χ1v) is 9.25. The maximum absolute atomic E-state index is 5.93. The molecule has 1 fully saturated rings. The average Bonchev–Trinajstić information content (AvgIpc) is 3.04. The molecule has 5 heteroatoms. The number of ether oxygens (including phenoxy) is 2. The first kappa shape index (κ1) is 17.1. The maximum Gasteiger partial charge on any atom is 0.161 e. The third kappa shape index (κ3) is 3.83. The van der Waals surface area contributed by atoms with E-state index >= 15 is 0 Å². The van der Waals surface area contributed by atoms with Gasteiger partial charge in [0.05, 0.1) is 19.3 Å². The Morgan fingerprint density at radius 2 is 2.08 bits per heavy atom. The summed E-state index contributed by atoms with van der Waals surface area (Å²) in [6.45, 7) is 7.60. The van der Waals surface area contributed by atoms with Gasteiger partial charge in [-0.3, -0.25) is 0 Å². The molecule has 1 aromatic carbocycles. The summed E-state index contributed by atoms with van der Waals surface area (Å²) in [6.07, 6.45) is 4.51. The molecule has 1 saturated heterocycles. The quantitative estimate of drug-likeness (QED) is 0.718. The molecule has 2 aliphatic rings. The molecule has 0 saturated carbocycles. The van der Waals surface area contributed by atoms with Crippen LogP contribution in [0.25, 0.3) is 0 Å². The highest BCUT2D eigenvalue weighted by molar-refractivity contribution is 5.89. The zero-order valence-corrected chi connectivity index (χ0v) is 14.8. The van der Waals surface area contributed by atoms with Crippen LogP contribution in [-0.4, -0.2) is 32.0 Å². The van der Waals surface area contributed by atoms with Crippen LogP contribution in [-0.2, 0) is 0 Å². The molecule has 0 aromatic heterocycles. The van der Waals surface area contributed by atoms with Crippen LogP contribution < -0.4 is 20.2 Å². The van der Waals surface area contributed by atoms with Crippen molar-refractivity contribution in [3.63, 3.8) is 0 Å². The number of nitrogens with zero attached hydrogens (tertiary/aromatic N) is 1. The molecular weight excluding hydrogens is 302 g/mol.